The standard InChI is InChI=1S/C20H22N2O.ClH/c1-14-8-10-16(11-9-14)21-19(23)12-18-17-7-5-4-6-15(17)13-20(2,3)22-18;/h4-12,22H,13H2,1-3H3,(H,21,23);1H. The van der Waals surface area contributed by atoms with Gasteiger partial charge in [0.05, 0.1) is 0 Å². The summed E-state index contributed by atoms with van der Waals surface area (Å²) in [6, 6.07) is 16.0. The lowest BCUT2D eigenvalue weighted by molar-refractivity contribution is -0.111. The largest absolute Gasteiger partial charge is 0.379 e. The summed E-state index contributed by atoms with van der Waals surface area (Å²) in [4.78, 5) is 12.4. The molecule has 2 N–H and O–H groups in total. The maximum atomic E-state index is 12.4. The van der Waals surface area contributed by atoms with Crippen molar-refractivity contribution in [2.45, 2.75) is 32.7 Å². The van der Waals surface area contributed by atoms with Crippen LogP contribution in [0.1, 0.15) is 30.5 Å². The van der Waals surface area contributed by atoms with Crippen LogP contribution in [0.15, 0.2) is 54.6 Å². The summed E-state index contributed by atoms with van der Waals surface area (Å²) in [6.07, 6.45) is 2.60. The van der Waals surface area contributed by atoms with Crippen molar-refractivity contribution >= 4 is 29.7 Å². The van der Waals surface area contributed by atoms with Gasteiger partial charge in [-0.05, 0) is 44.9 Å². The molecular weight excluding hydrogens is 320 g/mol. The fraction of sp³-hybridized carbons (Fsp3) is 0.250. The first-order chi connectivity index (χ1) is 10.9. The Morgan fingerprint density at radius 2 is 1.79 bits per heavy atom. The molecule has 126 valence electrons. The molecule has 1 aliphatic rings. The van der Waals surface area contributed by atoms with Crippen molar-refractivity contribution in [2.24, 2.45) is 0 Å². The first kappa shape index (κ1) is 18.1. The average Bonchev–Trinajstić information content (AvgIpc) is 2.48. The molecule has 0 unspecified atom stereocenters. The van der Waals surface area contributed by atoms with Gasteiger partial charge in [0.2, 0.25) is 5.91 Å². The zero-order valence-electron chi connectivity index (χ0n) is 14.2. The Hall–Kier alpha value is -2.26. The van der Waals surface area contributed by atoms with Crippen LogP contribution in [0.2, 0.25) is 0 Å². The minimum Gasteiger partial charge on any atom is -0.379 e. The van der Waals surface area contributed by atoms with E-state index in [0.717, 1.165) is 23.4 Å². The number of aryl methyl sites for hydroxylation is 1. The number of halogens is 1. The fourth-order valence-electron chi connectivity index (χ4n) is 2.95. The third kappa shape index (κ3) is 4.18. The third-order valence-electron chi connectivity index (χ3n) is 4.01. The van der Waals surface area contributed by atoms with Crippen LogP contribution in [0, 0.1) is 6.92 Å². The summed E-state index contributed by atoms with van der Waals surface area (Å²) >= 11 is 0. The van der Waals surface area contributed by atoms with Gasteiger partial charge >= 0.3 is 0 Å². The Kier molecular flexibility index (Phi) is 5.35. The van der Waals surface area contributed by atoms with Crippen LogP contribution >= 0.6 is 12.4 Å². The van der Waals surface area contributed by atoms with Crippen LogP contribution in [0.4, 0.5) is 5.69 Å². The molecule has 1 heterocycles. The molecular formula is C20H23ClN2O. The monoisotopic (exact) mass is 342 g/mol. The first-order valence-corrected chi connectivity index (χ1v) is 7.89. The van der Waals surface area contributed by atoms with E-state index >= 15 is 0 Å². The number of benzene rings is 2. The van der Waals surface area contributed by atoms with Gasteiger partial charge in [-0.2, -0.15) is 0 Å². The van der Waals surface area contributed by atoms with E-state index < -0.39 is 0 Å². The topological polar surface area (TPSA) is 41.1 Å². The zero-order valence-corrected chi connectivity index (χ0v) is 15.0. The minimum atomic E-state index is -0.121. The van der Waals surface area contributed by atoms with Crippen LogP contribution < -0.4 is 10.6 Å². The highest BCUT2D eigenvalue weighted by atomic mass is 35.5. The third-order valence-corrected chi connectivity index (χ3v) is 4.01. The quantitative estimate of drug-likeness (QED) is 0.798. The van der Waals surface area contributed by atoms with Gasteiger partial charge in [-0.3, -0.25) is 4.79 Å². The van der Waals surface area contributed by atoms with E-state index in [2.05, 4.69) is 36.6 Å². The summed E-state index contributed by atoms with van der Waals surface area (Å²) in [5.41, 5.74) is 5.16. The second kappa shape index (κ2) is 7.10. The highest BCUT2D eigenvalue weighted by molar-refractivity contribution is 6.04. The van der Waals surface area contributed by atoms with Gasteiger partial charge < -0.3 is 10.6 Å². The summed E-state index contributed by atoms with van der Waals surface area (Å²) < 4.78 is 0. The van der Waals surface area contributed by atoms with E-state index in [4.69, 9.17) is 0 Å². The molecule has 0 atom stereocenters. The molecule has 0 bridgehead atoms. The number of hydrogen-bond donors (Lipinski definition) is 2. The average molecular weight is 343 g/mol. The lowest BCUT2D eigenvalue weighted by Crippen LogP contribution is -2.44. The Labute approximate surface area is 149 Å². The maximum Gasteiger partial charge on any atom is 0.250 e. The van der Waals surface area contributed by atoms with E-state index in [1.165, 1.54) is 11.1 Å². The van der Waals surface area contributed by atoms with Crippen LogP contribution in [0.5, 0.6) is 0 Å². The SMILES string of the molecule is Cc1ccc(NC(=O)C=C2NC(C)(C)Cc3ccccc32)cc1.Cl. The normalized spacial score (nSPS) is 16.5. The number of carbonyl (C=O) groups excluding carboxylic acids is 1. The lowest BCUT2D eigenvalue weighted by atomic mass is 9.86. The van der Waals surface area contributed by atoms with Crippen molar-refractivity contribution in [3.05, 3.63) is 71.3 Å². The smallest absolute Gasteiger partial charge is 0.250 e. The fourth-order valence-corrected chi connectivity index (χ4v) is 2.95. The Morgan fingerprint density at radius 1 is 1.12 bits per heavy atom. The van der Waals surface area contributed by atoms with Crippen LogP contribution in [-0.4, -0.2) is 11.4 Å². The highest BCUT2D eigenvalue weighted by Crippen LogP contribution is 2.29. The van der Waals surface area contributed by atoms with Crippen molar-refractivity contribution < 1.29 is 4.79 Å². The summed E-state index contributed by atoms with van der Waals surface area (Å²) in [6.45, 7) is 6.32. The number of rotatable bonds is 2. The molecule has 2 aromatic rings. The van der Waals surface area contributed by atoms with Crippen LogP contribution in [-0.2, 0) is 11.2 Å². The molecule has 0 aliphatic carbocycles. The number of hydrogen-bond acceptors (Lipinski definition) is 2. The molecule has 24 heavy (non-hydrogen) atoms. The molecule has 0 fully saturated rings. The molecule has 1 aliphatic heterocycles. The van der Waals surface area contributed by atoms with E-state index in [1.807, 2.05) is 43.3 Å². The van der Waals surface area contributed by atoms with Crippen molar-refractivity contribution in [1.29, 1.82) is 0 Å². The summed E-state index contributed by atoms with van der Waals surface area (Å²) in [5, 5.41) is 6.39. The zero-order chi connectivity index (χ0) is 16.4. The van der Waals surface area contributed by atoms with Gasteiger partial charge in [0.1, 0.15) is 0 Å². The van der Waals surface area contributed by atoms with Gasteiger partial charge in [-0.25, -0.2) is 0 Å². The Balaban J connectivity index is 0.00000208. The number of anilines is 1. The van der Waals surface area contributed by atoms with Gasteiger partial charge in [0.25, 0.3) is 0 Å². The molecule has 2 aromatic carbocycles. The van der Waals surface area contributed by atoms with Crippen molar-refractivity contribution in [2.75, 3.05) is 5.32 Å². The second-order valence-corrected chi connectivity index (χ2v) is 6.76. The minimum absolute atomic E-state index is 0. The molecule has 3 nitrogen and oxygen atoms in total. The first-order valence-electron chi connectivity index (χ1n) is 7.89. The molecule has 3 rings (SSSR count). The summed E-state index contributed by atoms with van der Waals surface area (Å²) in [7, 11) is 0. The summed E-state index contributed by atoms with van der Waals surface area (Å²) in [5.74, 6) is -0.121. The molecule has 0 radical (unpaired) electrons. The molecule has 1 amide bonds. The Morgan fingerprint density at radius 3 is 2.50 bits per heavy atom. The van der Waals surface area contributed by atoms with Crippen molar-refractivity contribution in [1.82, 2.24) is 5.32 Å². The molecule has 0 saturated carbocycles. The lowest BCUT2D eigenvalue weighted by Gasteiger charge is -2.35. The number of nitrogens with one attached hydrogen (secondary N) is 2. The van der Waals surface area contributed by atoms with Crippen LogP contribution in [0.3, 0.4) is 0 Å². The van der Waals surface area contributed by atoms with Crippen molar-refractivity contribution in [3.63, 3.8) is 0 Å². The van der Waals surface area contributed by atoms with Gasteiger partial charge in [-0.1, -0.05) is 42.0 Å². The van der Waals surface area contributed by atoms with Crippen molar-refractivity contribution in [3.8, 4) is 0 Å². The second-order valence-electron chi connectivity index (χ2n) is 6.76. The maximum absolute atomic E-state index is 12.4. The van der Waals surface area contributed by atoms with E-state index in [0.29, 0.717) is 0 Å². The Bertz CT molecular complexity index is 763. The highest BCUT2D eigenvalue weighted by Gasteiger charge is 2.27. The molecule has 0 saturated heterocycles. The number of fused-ring (bicyclic) bond motifs is 1. The van der Waals surface area contributed by atoms with E-state index in [1.54, 1.807) is 6.08 Å². The predicted octanol–water partition coefficient (Wildman–Crippen LogP) is 4.32. The number of amides is 1. The van der Waals surface area contributed by atoms with Gasteiger partial charge in [0.15, 0.2) is 0 Å². The molecule has 0 spiro atoms. The molecule has 4 heteroatoms. The van der Waals surface area contributed by atoms with E-state index in [-0.39, 0.29) is 23.9 Å². The van der Waals surface area contributed by atoms with E-state index in [9.17, 15) is 4.79 Å². The van der Waals surface area contributed by atoms with Gasteiger partial charge in [-0.15, -0.1) is 12.4 Å². The molecule has 0 aromatic heterocycles. The van der Waals surface area contributed by atoms with Crippen LogP contribution in [0.25, 0.3) is 5.70 Å². The number of carbonyl (C=O) groups is 1. The predicted molar refractivity (Wildman–Crippen MR) is 102 cm³/mol. The van der Waals surface area contributed by atoms with Gasteiger partial charge in [0, 0.05) is 28.6 Å².